The number of fused-ring (bicyclic) bond motifs is 2. The molecule has 8 unspecified atom stereocenters. The number of hydrogen-bond donors (Lipinski definition) is 6. The van der Waals surface area contributed by atoms with Crippen LogP contribution >= 0.6 is 0 Å². The summed E-state index contributed by atoms with van der Waals surface area (Å²) in [6, 6.07) is -4.96. The highest BCUT2D eigenvalue weighted by Gasteiger charge is 2.41. The Hall–Kier alpha value is -2.77. The molecule has 0 spiro atoms. The molecule has 2 bridgehead atoms. The first-order valence-corrected chi connectivity index (χ1v) is 18.0. The van der Waals surface area contributed by atoms with Crippen molar-refractivity contribution >= 4 is 29.5 Å². The van der Waals surface area contributed by atoms with Gasteiger partial charge in [0, 0.05) is 32.7 Å². The number of nitrogens with two attached hydrogens (primary N) is 1. The van der Waals surface area contributed by atoms with Gasteiger partial charge in [0.25, 0.3) is 0 Å². The number of aliphatic hydroxyl groups excluding tert-OH is 1. The van der Waals surface area contributed by atoms with Crippen LogP contribution in [-0.4, -0.2) is 113 Å². The summed E-state index contributed by atoms with van der Waals surface area (Å²) in [6.45, 7) is 8.31. The number of carbonyl (C=O) groups excluding carboxylic acids is 5. The van der Waals surface area contributed by atoms with Crippen molar-refractivity contribution in [3.63, 3.8) is 0 Å². The van der Waals surface area contributed by atoms with E-state index in [0.29, 0.717) is 32.4 Å². The van der Waals surface area contributed by atoms with Gasteiger partial charge >= 0.3 is 0 Å². The Bertz CT molecular complexity index is 1070. The zero-order valence-corrected chi connectivity index (χ0v) is 29.3. The Labute approximate surface area is 280 Å². The molecule has 0 aromatic carbocycles. The van der Waals surface area contributed by atoms with Gasteiger partial charge < -0.3 is 37.0 Å². The lowest BCUT2D eigenvalue weighted by molar-refractivity contribution is -0.145. The number of nitrogens with zero attached hydrogens (tertiary/aromatic N) is 2. The number of hydrogen-bond acceptors (Lipinski definition) is 8. The van der Waals surface area contributed by atoms with Crippen molar-refractivity contribution in [1.82, 2.24) is 31.1 Å². The third kappa shape index (κ3) is 10.9. The van der Waals surface area contributed by atoms with Gasteiger partial charge in [-0.25, -0.2) is 0 Å². The fourth-order valence-electron chi connectivity index (χ4n) is 7.25. The van der Waals surface area contributed by atoms with Crippen LogP contribution < -0.4 is 27.0 Å². The summed E-state index contributed by atoms with van der Waals surface area (Å²) in [5.41, 5.74) is 5.93. The Balaban J connectivity index is 2.02. The van der Waals surface area contributed by atoms with Gasteiger partial charge in [0.1, 0.15) is 24.2 Å². The van der Waals surface area contributed by atoms with E-state index in [-0.39, 0.29) is 36.2 Å². The van der Waals surface area contributed by atoms with Crippen molar-refractivity contribution < 1.29 is 29.1 Å². The van der Waals surface area contributed by atoms with Gasteiger partial charge in [0.15, 0.2) is 0 Å². The maximum absolute atomic E-state index is 14.3. The molecular formula is C34H61N7O6. The second-order valence-corrected chi connectivity index (χ2v) is 14.4. The van der Waals surface area contributed by atoms with E-state index in [9.17, 15) is 29.1 Å². The van der Waals surface area contributed by atoms with Crippen LogP contribution in [0.2, 0.25) is 0 Å². The minimum absolute atomic E-state index is 0.0994. The number of aliphatic hydroxyl groups is 1. The number of carbonyl (C=O) groups is 5. The minimum atomic E-state index is -1.27. The van der Waals surface area contributed by atoms with Gasteiger partial charge in [-0.15, -0.1) is 0 Å². The van der Waals surface area contributed by atoms with Crippen molar-refractivity contribution in [3.05, 3.63) is 0 Å². The maximum Gasteiger partial charge on any atom is 0.245 e. The van der Waals surface area contributed by atoms with Crippen LogP contribution in [0.25, 0.3) is 0 Å². The first kappa shape index (κ1) is 38.7. The minimum Gasteiger partial charge on any atom is -0.391 e. The SMILES string of the molecule is CCCCCCC1C(=O)N(C)C(CC(C)C)C(=O)NC(C2CCCCC2)C(=O)NC(CN)C(=O)NC(C(C)O)C(=O)NC2CCN1C2. The van der Waals surface area contributed by atoms with Crippen LogP contribution in [0.1, 0.15) is 105 Å². The Kier molecular flexibility index (Phi) is 15.4. The van der Waals surface area contributed by atoms with Crippen LogP contribution in [0.15, 0.2) is 0 Å². The third-order valence-electron chi connectivity index (χ3n) is 10.1. The average molecular weight is 664 g/mol. The number of rotatable bonds is 10. The van der Waals surface area contributed by atoms with Gasteiger partial charge in [-0.3, -0.25) is 28.9 Å². The predicted octanol–water partition coefficient (Wildman–Crippen LogP) is 0.777. The molecular weight excluding hydrogens is 602 g/mol. The first-order chi connectivity index (χ1) is 22.4. The third-order valence-corrected chi connectivity index (χ3v) is 10.1. The van der Waals surface area contributed by atoms with Crippen molar-refractivity contribution in [1.29, 1.82) is 0 Å². The molecule has 13 heteroatoms. The van der Waals surface area contributed by atoms with Crippen molar-refractivity contribution in [2.24, 2.45) is 17.6 Å². The fraction of sp³-hybridized carbons (Fsp3) is 0.853. The molecule has 0 radical (unpaired) electrons. The summed E-state index contributed by atoms with van der Waals surface area (Å²) in [5.74, 6) is -2.36. The Morgan fingerprint density at radius 1 is 0.830 bits per heavy atom. The van der Waals surface area contributed by atoms with E-state index in [1.54, 1.807) is 11.9 Å². The molecule has 1 saturated carbocycles. The second kappa shape index (κ2) is 18.7. The molecule has 13 nitrogen and oxygen atoms in total. The van der Waals surface area contributed by atoms with E-state index in [0.717, 1.165) is 57.8 Å². The zero-order chi connectivity index (χ0) is 34.7. The van der Waals surface area contributed by atoms with Crippen LogP contribution in [0.3, 0.4) is 0 Å². The molecule has 5 amide bonds. The topological polar surface area (TPSA) is 186 Å². The highest BCUT2D eigenvalue weighted by Crippen LogP contribution is 2.28. The number of amides is 5. The average Bonchev–Trinajstić information content (AvgIpc) is 3.50. The summed E-state index contributed by atoms with van der Waals surface area (Å²) in [7, 11) is 1.68. The lowest BCUT2D eigenvalue weighted by atomic mass is 9.83. The van der Waals surface area contributed by atoms with Crippen LogP contribution in [0.5, 0.6) is 0 Å². The molecule has 3 rings (SSSR count). The highest BCUT2D eigenvalue weighted by atomic mass is 16.3. The van der Waals surface area contributed by atoms with Gasteiger partial charge in [0.2, 0.25) is 29.5 Å². The molecule has 268 valence electrons. The van der Waals surface area contributed by atoms with Gasteiger partial charge in [-0.05, 0) is 50.9 Å². The van der Waals surface area contributed by atoms with E-state index in [1.807, 2.05) is 13.8 Å². The molecule has 3 fully saturated rings. The largest absolute Gasteiger partial charge is 0.391 e. The number of likely N-dealkylation sites (N-methyl/N-ethyl adjacent to an activating group) is 1. The highest BCUT2D eigenvalue weighted by molar-refractivity contribution is 5.96. The van der Waals surface area contributed by atoms with Crippen molar-refractivity contribution in [2.75, 3.05) is 26.7 Å². The van der Waals surface area contributed by atoms with Crippen molar-refractivity contribution in [3.8, 4) is 0 Å². The van der Waals surface area contributed by atoms with Crippen LogP contribution in [0, 0.1) is 11.8 Å². The van der Waals surface area contributed by atoms with E-state index < -0.39 is 54.0 Å². The zero-order valence-electron chi connectivity index (χ0n) is 29.3. The molecule has 2 aliphatic heterocycles. The van der Waals surface area contributed by atoms with E-state index in [1.165, 1.54) is 6.92 Å². The predicted molar refractivity (Wildman–Crippen MR) is 180 cm³/mol. The monoisotopic (exact) mass is 663 g/mol. The molecule has 0 aromatic heterocycles. The summed E-state index contributed by atoms with van der Waals surface area (Å²) >= 11 is 0. The molecule has 3 aliphatic rings. The molecule has 1 aliphatic carbocycles. The first-order valence-electron chi connectivity index (χ1n) is 18.0. The van der Waals surface area contributed by atoms with Crippen LogP contribution in [0.4, 0.5) is 0 Å². The quantitative estimate of drug-likeness (QED) is 0.185. The van der Waals surface area contributed by atoms with Gasteiger partial charge in [-0.2, -0.15) is 0 Å². The number of unbranched alkanes of at least 4 members (excludes halogenated alkanes) is 3. The molecule has 2 saturated heterocycles. The summed E-state index contributed by atoms with van der Waals surface area (Å²) in [4.78, 5) is 72.7. The smallest absolute Gasteiger partial charge is 0.245 e. The number of nitrogens with one attached hydrogen (secondary N) is 4. The van der Waals surface area contributed by atoms with Gasteiger partial charge in [-0.1, -0.05) is 65.7 Å². The summed E-state index contributed by atoms with van der Waals surface area (Å²) in [5, 5.41) is 21.7. The van der Waals surface area contributed by atoms with E-state index >= 15 is 0 Å². The van der Waals surface area contributed by atoms with E-state index in [2.05, 4.69) is 33.1 Å². The normalized spacial score (nSPS) is 31.4. The van der Waals surface area contributed by atoms with Crippen LogP contribution in [-0.2, 0) is 24.0 Å². The summed E-state index contributed by atoms with van der Waals surface area (Å²) in [6.07, 6.45) is 8.75. The lowest BCUT2D eigenvalue weighted by Crippen LogP contribution is -2.63. The maximum atomic E-state index is 14.3. The molecule has 7 N–H and O–H groups in total. The Morgan fingerprint density at radius 2 is 1.53 bits per heavy atom. The second-order valence-electron chi connectivity index (χ2n) is 14.4. The standard InChI is InChI=1S/C34H61N7O6/c1-6-7-8-12-15-26-34(47)40(5)27(18-21(2)3)31(44)39-29(23-13-10-9-11-14-23)33(46)37-25(19-35)30(43)38-28(22(4)42)32(45)36-24-16-17-41(26)20-24/h21-29,42H,6-20,35H2,1-5H3,(H,36,45)(H,37,46)(H,38,43)(H,39,44). The fourth-order valence-corrected chi connectivity index (χ4v) is 7.25. The molecule has 2 heterocycles. The molecule has 0 aromatic rings. The molecule has 8 atom stereocenters. The van der Waals surface area contributed by atoms with E-state index in [4.69, 9.17) is 5.73 Å². The molecule has 47 heavy (non-hydrogen) atoms. The lowest BCUT2D eigenvalue weighted by Gasteiger charge is -2.37. The van der Waals surface area contributed by atoms with Crippen molar-refractivity contribution in [2.45, 2.75) is 147 Å². The Morgan fingerprint density at radius 3 is 2.15 bits per heavy atom. The summed E-state index contributed by atoms with van der Waals surface area (Å²) < 4.78 is 0. The van der Waals surface area contributed by atoms with Gasteiger partial charge in [0.05, 0.1) is 12.1 Å².